The van der Waals surface area contributed by atoms with Crippen molar-refractivity contribution in [2.45, 2.75) is 52.2 Å². The Morgan fingerprint density at radius 2 is 2.10 bits per heavy atom. The fourth-order valence-electron chi connectivity index (χ4n) is 4.55. The predicted octanol–water partition coefficient (Wildman–Crippen LogP) is 1.84. The van der Waals surface area contributed by atoms with Crippen molar-refractivity contribution >= 4 is 5.91 Å². The van der Waals surface area contributed by atoms with Gasteiger partial charge in [-0.25, -0.2) is 4.98 Å². The van der Waals surface area contributed by atoms with E-state index in [1.807, 2.05) is 24.1 Å². The second-order valence-corrected chi connectivity index (χ2v) is 8.29. The number of nitrogens with zero attached hydrogens (tertiary/aromatic N) is 5. The van der Waals surface area contributed by atoms with E-state index < -0.39 is 0 Å². The summed E-state index contributed by atoms with van der Waals surface area (Å²) in [5, 5.41) is 3.31. The first-order valence-electron chi connectivity index (χ1n) is 10.7. The van der Waals surface area contributed by atoms with Crippen LogP contribution in [0, 0.1) is 13.8 Å². The number of nitrogens with one attached hydrogen (secondary N) is 1. The van der Waals surface area contributed by atoms with Crippen molar-refractivity contribution in [3.8, 4) is 0 Å². The maximum Gasteiger partial charge on any atom is 0.242 e. The van der Waals surface area contributed by atoms with Crippen LogP contribution in [0.4, 0.5) is 0 Å². The number of rotatable bonds is 5. The van der Waals surface area contributed by atoms with Crippen LogP contribution in [-0.2, 0) is 24.3 Å². The molecule has 7 heteroatoms. The molecule has 1 fully saturated rings. The van der Waals surface area contributed by atoms with Crippen LogP contribution in [-0.4, -0.2) is 63.5 Å². The van der Waals surface area contributed by atoms with Gasteiger partial charge in [-0.15, -0.1) is 0 Å². The lowest BCUT2D eigenvalue weighted by molar-refractivity contribution is -0.132. The number of imidazole rings is 1. The molecule has 2 aromatic rings. The van der Waals surface area contributed by atoms with Gasteiger partial charge in [0.1, 0.15) is 12.4 Å². The number of aryl methyl sites for hydroxylation is 2. The Morgan fingerprint density at radius 1 is 1.31 bits per heavy atom. The van der Waals surface area contributed by atoms with Gasteiger partial charge in [-0.3, -0.25) is 14.7 Å². The quantitative estimate of drug-likeness (QED) is 0.835. The number of pyridine rings is 1. The molecule has 1 aliphatic heterocycles. The van der Waals surface area contributed by atoms with E-state index in [0.29, 0.717) is 19.1 Å². The molecule has 1 aliphatic carbocycles. The molecule has 0 saturated carbocycles. The van der Waals surface area contributed by atoms with Crippen LogP contribution in [0.15, 0.2) is 18.3 Å². The van der Waals surface area contributed by atoms with Crippen molar-refractivity contribution in [2.75, 3.05) is 33.2 Å². The molecule has 29 heavy (non-hydrogen) atoms. The third kappa shape index (κ3) is 4.21. The molecule has 1 atom stereocenters. The van der Waals surface area contributed by atoms with Gasteiger partial charge in [0.05, 0.1) is 24.0 Å². The SMILES string of the molecule is Cc1nc(CN(C)C2CCCc3cccnc32)n(CC(=O)N2CCNCC2)c1C. The molecule has 7 nitrogen and oxygen atoms in total. The largest absolute Gasteiger partial charge is 0.339 e. The van der Waals surface area contributed by atoms with Gasteiger partial charge >= 0.3 is 0 Å². The van der Waals surface area contributed by atoms with E-state index in [1.54, 1.807) is 0 Å². The van der Waals surface area contributed by atoms with Crippen LogP contribution < -0.4 is 5.32 Å². The van der Waals surface area contributed by atoms with Gasteiger partial charge in [0.15, 0.2) is 0 Å². The Balaban J connectivity index is 1.52. The highest BCUT2D eigenvalue weighted by molar-refractivity contribution is 5.76. The van der Waals surface area contributed by atoms with Crippen molar-refractivity contribution in [1.29, 1.82) is 0 Å². The molecule has 1 amide bonds. The van der Waals surface area contributed by atoms with Crippen LogP contribution in [0.1, 0.15) is 47.4 Å². The van der Waals surface area contributed by atoms with Gasteiger partial charge < -0.3 is 14.8 Å². The van der Waals surface area contributed by atoms with Crippen LogP contribution in [0.3, 0.4) is 0 Å². The first-order valence-corrected chi connectivity index (χ1v) is 10.7. The zero-order chi connectivity index (χ0) is 20.4. The summed E-state index contributed by atoms with van der Waals surface area (Å²) >= 11 is 0. The fourth-order valence-corrected chi connectivity index (χ4v) is 4.55. The van der Waals surface area contributed by atoms with E-state index >= 15 is 0 Å². The highest BCUT2D eigenvalue weighted by Gasteiger charge is 2.27. The van der Waals surface area contributed by atoms with E-state index in [2.05, 4.69) is 39.8 Å². The van der Waals surface area contributed by atoms with Crippen LogP contribution >= 0.6 is 0 Å². The van der Waals surface area contributed by atoms with Gasteiger partial charge in [0, 0.05) is 38.1 Å². The molecule has 2 aromatic heterocycles. The molecule has 2 aliphatic rings. The summed E-state index contributed by atoms with van der Waals surface area (Å²) in [6, 6.07) is 4.53. The number of aromatic nitrogens is 3. The lowest BCUT2D eigenvalue weighted by Gasteiger charge is -2.32. The van der Waals surface area contributed by atoms with Crippen LogP contribution in [0.25, 0.3) is 0 Å². The Labute approximate surface area is 173 Å². The van der Waals surface area contributed by atoms with E-state index in [4.69, 9.17) is 4.98 Å². The average molecular weight is 397 g/mol. The highest BCUT2D eigenvalue weighted by atomic mass is 16.2. The predicted molar refractivity (Wildman–Crippen MR) is 113 cm³/mol. The molecular weight excluding hydrogens is 364 g/mol. The van der Waals surface area contributed by atoms with Gasteiger partial charge in [0.25, 0.3) is 0 Å². The molecular formula is C22H32N6O. The average Bonchev–Trinajstić information content (AvgIpc) is 3.01. The smallest absolute Gasteiger partial charge is 0.242 e. The summed E-state index contributed by atoms with van der Waals surface area (Å²) in [5.41, 5.74) is 4.65. The molecule has 1 unspecified atom stereocenters. The second kappa shape index (κ2) is 8.63. The fraction of sp³-hybridized carbons (Fsp3) is 0.591. The van der Waals surface area contributed by atoms with Crippen LogP contribution in [0.2, 0.25) is 0 Å². The van der Waals surface area contributed by atoms with Crippen molar-refractivity contribution in [3.05, 3.63) is 46.8 Å². The summed E-state index contributed by atoms with van der Waals surface area (Å²) in [5.74, 6) is 1.15. The Bertz CT molecular complexity index is 870. The second-order valence-electron chi connectivity index (χ2n) is 8.29. The molecule has 156 valence electrons. The zero-order valence-electron chi connectivity index (χ0n) is 17.8. The van der Waals surface area contributed by atoms with E-state index in [9.17, 15) is 4.79 Å². The normalized spacial score (nSPS) is 19.4. The Kier molecular flexibility index (Phi) is 5.96. The van der Waals surface area contributed by atoms with Gasteiger partial charge in [-0.2, -0.15) is 0 Å². The van der Waals surface area contributed by atoms with E-state index in [0.717, 1.165) is 56.2 Å². The number of carbonyl (C=O) groups is 1. The minimum atomic E-state index is 0.181. The van der Waals surface area contributed by atoms with Crippen molar-refractivity contribution < 1.29 is 4.79 Å². The number of carbonyl (C=O) groups excluding carboxylic acids is 1. The highest BCUT2D eigenvalue weighted by Crippen LogP contribution is 2.32. The Morgan fingerprint density at radius 3 is 2.90 bits per heavy atom. The molecule has 3 heterocycles. The summed E-state index contributed by atoms with van der Waals surface area (Å²) in [6.07, 6.45) is 5.30. The number of hydrogen-bond donors (Lipinski definition) is 1. The number of hydrogen-bond acceptors (Lipinski definition) is 5. The lowest BCUT2D eigenvalue weighted by atomic mass is 9.91. The van der Waals surface area contributed by atoms with E-state index in [1.165, 1.54) is 17.7 Å². The van der Waals surface area contributed by atoms with Crippen molar-refractivity contribution in [3.63, 3.8) is 0 Å². The maximum atomic E-state index is 12.9. The number of amides is 1. The van der Waals surface area contributed by atoms with Crippen LogP contribution in [0.5, 0.6) is 0 Å². The van der Waals surface area contributed by atoms with Crippen molar-refractivity contribution in [2.24, 2.45) is 0 Å². The number of fused-ring (bicyclic) bond motifs is 1. The molecule has 4 rings (SSSR count). The zero-order valence-corrected chi connectivity index (χ0v) is 17.8. The third-order valence-electron chi connectivity index (χ3n) is 6.39. The monoisotopic (exact) mass is 396 g/mol. The first-order chi connectivity index (χ1) is 14.0. The standard InChI is InChI=1S/C22H32N6O/c1-16-17(2)28(15-21(29)27-12-10-23-11-13-27)20(25-16)14-26(3)19-8-4-6-18-7-5-9-24-22(18)19/h5,7,9,19,23H,4,6,8,10-15H2,1-3H3. The van der Waals surface area contributed by atoms with Gasteiger partial charge in [-0.05, 0) is 51.8 Å². The molecule has 0 bridgehead atoms. The third-order valence-corrected chi connectivity index (χ3v) is 6.39. The molecule has 0 radical (unpaired) electrons. The molecule has 1 saturated heterocycles. The maximum absolute atomic E-state index is 12.9. The molecule has 0 spiro atoms. The van der Waals surface area contributed by atoms with Crippen molar-refractivity contribution in [1.82, 2.24) is 29.7 Å². The topological polar surface area (TPSA) is 66.3 Å². The van der Waals surface area contributed by atoms with E-state index in [-0.39, 0.29) is 5.91 Å². The van der Waals surface area contributed by atoms with Gasteiger partial charge in [0.2, 0.25) is 5.91 Å². The molecule has 1 N–H and O–H groups in total. The minimum Gasteiger partial charge on any atom is -0.339 e. The summed E-state index contributed by atoms with van der Waals surface area (Å²) < 4.78 is 2.11. The lowest BCUT2D eigenvalue weighted by Crippen LogP contribution is -2.47. The Hall–Kier alpha value is -2.25. The van der Waals surface area contributed by atoms with Gasteiger partial charge in [-0.1, -0.05) is 6.07 Å². The summed E-state index contributed by atoms with van der Waals surface area (Å²) in [6.45, 7) is 8.49. The first kappa shape index (κ1) is 20.0. The number of piperazine rings is 1. The molecule has 0 aromatic carbocycles. The summed E-state index contributed by atoms with van der Waals surface area (Å²) in [4.78, 5) is 26.7. The summed E-state index contributed by atoms with van der Waals surface area (Å²) in [7, 11) is 2.15. The minimum absolute atomic E-state index is 0.181.